The van der Waals surface area contributed by atoms with E-state index in [1.54, 1.807) is 12.4 Å². The molecule has 144 valence electrons. The smallest absolute Gasteiger partial charge is 0.239 e. The van der Waals surface area contributed by atoms with Crippen molar-refractivity contribution < 1.29 is 4.79 Å². The predicted molar refractivity (Wildman–Crippen MR) is 109 cm³/mol. The van der Waals surface area contributed by atoms with Gasteiger partial charge >= 0.3 is 0 Å². The van der Waals surface area contributed by atoms with Crippen LogP contribution in [0.1, 0.15) is 12.8 Å². The van der Waals surface area contributed by atoms with Gasteiger partial charge in [-0.3, -0.25) is 19.7 Å². The Kier molecular flexibility index (Phi) is 4.54. The zero-order valence-corrected chi connectivity index (χ0v) is 15.8. The second-order valence-electron chi connectivity index (χ2n) is 7.71. The summed E-state index contributed by atoms with van der Waals surface area (Å²) in [6, 6.07) is 8.92. The average Bonchev–Trinajstić information content (AvgIpc) is 3.41. The highest BCUT2D eigenvalue weighted by Gasteiger charge is 2.31. The third-order valence-corrected chi connectivity index (χ3v) is 5.66. The molecule has 3 heterocycles. The summed E-state index contributed by atoms with van der Waals surface area (Å²) in [6.45, 7) is 4.49. The third-order valence-electron chi connectivity index (χ3n) is 5.66. The summed E-state index contributed by atoms with van der Waals surface area (Å²) < 4.78 is 0. The summed E-state index contributed by atoms with van der Waals surface area (Å²) in [5, 5.41) is 11.9. The molecule has 1 aliphatic carbocycles. The molecule has 0 bridgehead atoms. The van der Waals surface area contributed by atoms with Gasteiger partial charge < -0.3 is 5.32 Å². The first kappa shape index (κ1) is 17.3. The summed E-state index contributed by atoms with van der Waals surface area (Å²) >= 11 is 0. The molecular formula is C21H24N6O. The molecule has 1 saturated heterocycles. The summed E-state index contributed by atoms with van der Waals surface area (Å²) in [6.07, 6.45) is 8.16. The second kappa shape index (κ2) is 7.33. The number of hydrogen-bond donors (Lipinski definition) is 2. The van der Waals surface area contributed by atoms with E-state index in [1.165, 1.54) is 12.8 Å². The van der Waals surface area contributed by atoms with Crippen LogP contribution in [0.25, 0.3) is 21.9 Å². The van der Waals surface area contributed by atoms with E-state index in [2.05, 4.69) is 42.4 Å². The van der Waals surface area contributed by atoms with Crippen LogP contribution in [0.3, 0.4) is 0 Å². The van der Waals surface area contributed by atoms with Crippen LogP contribution in [0.5, 0.6) is 0 Å². The Morgan fingerprint density at radius 2 is 1.93 bits per heavy atom. The predicted octanol–water partition coefficient (Wildman–Crippen LogP) is 2.34. The Bertz CT molecular complexity index is 974. The fourth-order valence-corrected chi connectivity index (χ4v) is 3.91. The lowest BCUT2D eigenvalue weighted by atomic mass is 10.1. The van der Waals surface area contributed by atoms with Gasteiger partial charge in [0.1, 0.15) is 5.82 Å². The Balaban J connectivity index is 1.23. The lowest BCUT2D eigenvalue weighted by Crippen LogP contribution is -2.49. The molecule has 0 unspecified atom stereocenters. The number of carbonyl (C=O) groups excluding carboxylic acids is 1. The lowest BCUT2D eigenvalue weighted by molar-refractivity contribution is -0.117. The molecule has 3 aromatic rings. The molecule has 2 N–H and O–H groups in total. The van der Waals surface area contributed by atoms with Crippen molar-refractivity contribution >= 4 is 22.5 Å². The standard InChI is InChI=1S/C21H24N6O/c28-21(14-26-5-7-27(8-6-26)19-3-4-19)25-20-10-17-9-15(18-12-23-24-13-18)1-2-16(17)11-22-20/h1-2,9-13,19H,3-8,14H2,(H,23,24)(H,22,25,28). The molecular weight excluding hydrogens is 352 g/mol. The maximum Gasteiger partial charge on any atom is 0.239 e. The quantitative estimate of drug-likeness (QED) is 0.715. The summed E-state index contributed by atoms with van der Waals surface area (Å²) in [7, 11) is 0. The summed E-state index contributed by atoms with van der Waals surface area (Å²) in [5.41, 5.74) is 2.12. The maximum absolute atomic E-state index is 12.5. The van der Waals surface area contributed by atoms with Gasteiger partial charge in [-0.05, 0) is 35.9 Å². The first-order valence-electron chi connectivity index (χ1n) is 9.90. The molecule has 1 aromatic carbocycles. The van der Waals surface area contributed by atoms with Gasteiger partial charge in [-0.25, -0.2) is 4.98 Å². The van der Waals surface area contributed by atoms with Crippen LogP contribution >= 0.6 is 0 Å². The fourth-order valence-electron chi connectivity index (χ4n) is 3.91. The van der Waals surface area contributed by atoms with Gasteiger partial charge in [-0.15, -0.1) is 0 Å². The number of piperazine rings is 1. The van der Waals surface area contributed by atoms with E-state index >= 15 is 0 Å². The van der Waals surface area contributed by atoms with Crippen molar-refractivity contribution in [2.75, 3.05) is 38.0 Å². The second-order valence-corrected chi connectivity index (χ2v) is 7.71. The molecule has 2 fully saturated rings. The van der Waals surface area contributed by atoms with Gasteiger partial charge in [-0.2, -0.15) is 5.10 Å². The van der Waals surface area contributed by atoms with Crippen molar-refractivity contribution in [2.24, 2.45) is 0 Å². The minimum Gasteiger partial charge on any atom is -0.310 e. The van der Waals surface area contributed by atoms with E-state index in [9.17, 15) is 4.79 Å². The fraction of sp³-hybridized carbons (Fsp3) is 0.381. The zero-order chi connectivity index (χ0) is 18.9. The SMILES string of the molecule is O=C(CN1CCN(C2CC2)CC1)Nc1cc2cc(-c3cn[nH]c3)ccc2cn1. The first-order valence-corrected chi connectivity index (χ1v) is 9.90. The van der Waals surface area contributed by atoms with E-state index in [4.69, 9.17) is 0 Å². The number of aromatic amines is 1. The first-order chi connectivity index (χ1) is 13.7. The molecule has 5 rings (SSSR count). The van der Waals surface area contributed by atoms with Crippen molar-refractivity contribution in [1.29, 1.82) is 0 Å². The molecule has 7 nitrogen and oxygen atoms in total. The van der Waals surface area contributed by atoms with Gasteiger partial charge in [0.25, 0.3) is 0 Å². The number of amides is 1. The zero-order valence-electron chi connectivity index (χ0n) is 15.8. The number of fused-ring (bicyclic) bond motifs is 1. The molecule has 0 spiro atoms. The Hall–Kier alpha value is -2.77. The van der Waals surface area contributed by atoms with Crippen LogP contribution in [0.4, 0.5) is 5.82 Å². The molecule has 0 radical (unpaired) electrons. The molecule has 2 aliphatic rings. The van der Waals surface area contributed by atoms with Gasteiger partial charge in [-0.1, -0.05) is 12.1 Å². The van der Waals surface area contributed by atoms with E-state index in [0.29, 0.717) is 12.4 Å². The van der Waals surface area contributed by atoms with Crippen molar-refractivity contribution in [3.05, 3.63) is 42.9 Å². The molecule has 1 amide bonds. The number of hydrogen-bond acceptors (Lipinski definition) is 5. The third kappa shape index (κ3) is 3.76. The van der Waals surface area contributed by atoms with E-state index in [1.807, 2.05) is 18.3 Å². The maximum atomic E-state index is 12.5. The van der Waals surface area contributed by atoms with Crippen molar-refractivity contribution in [1.82, 2.24) is 25.0 Å². The number of nitrogens with one attached hydrogen (secondary N) is 2. The number of carbonyl (C=O) groups is 1. The monoisotopic (exact) mass is 376 g/mol. The molecule has 7 heteroatoms. The van der Waals surface area contributed by atoms with Crippen LogP contribution in [-0.4, -0.2) is 69.7 Å². The number of pyridine rings is 1. The van der Waals surface area contributed by atoms with Gasteiger partial charge in [0.05, 0.1) is 12.7 Å². The van der Waals surface area contributed by atoms with Crippen molar-refractivity contribution in [3.8, 4) is 11.1 Å². The van der Waals surface area contributed by atoms with Gasteiger partial charge in [0, 0.05) is 55.6 Å². The Labute approximate surface area is 163 Å². The van der Waals surface area contributed by atoms with Crippen LogP contribution in [-0.2, 0) is 4.79 Å². The molecule has 1 saturated carbocycles. The Morgan fingerprint density at radius 3 is 2.68 bits per heavy atom. The lowest BCUT2D eigenvalue weighted by Gasteiger charge is -2.34. The number of H-pyrrole nitrogens is 1. The Morgan fingerprint density at radius 1 is 1.07 bits per heavy atom. The van der Waals surface area contributed by atoms with Crippen LogP contribution < -0.4 is 5.32 Å². The number of nitrogens with zero attached hydrogens (tertiary/aromatic N) is 4. The van der Waals surface area contributed by atoms with E-state index in [-0.39, 0.29) is 5.91 Å². The largest absolute Gasteiger partial charge is 0.310 e. The van der Waals surface area contributed by atoms with E-state index < -0.39 is 0 Å². The van der Waals surface area contributed by atoms with Crippen molar-refractivity contribution in [2.45, 2.75) is 18.9 Å². The summed E-state index contributed by atoms with van der Waals surface area (Å²) in [4.78, 5) is 21.7. The highest BCUT2D eigenvalue weighted by molar-refractivity contribution is 5.94. The number of rotatable bonds is 5. The number of anilines is 1. The molecule has 2 aromatic heterocycles. The number of aromatic nitrogens is 3. The van der Waals surface area contributed by atoms with Gasteiger partial charge in [0.15, 0.2) is 0 Å². The van der Waals surface area contributed by atoms with Crippen LogP contribution in [0, 0.1) is 0 Å². The molecule has 1 aliphatic heterocycles. The number of benzene rings is 1. The van der Waals surface area contributed by atoms with Gasteiger partial charge in [0.2, 0.25) is 5.91 Å². The minimum atomic E-state index is -0.00212. The van der Waals surface area contributed by atoms with Crippen LogP contribution in [0.2, 0.25) is 0 Å². The summed E-state index contributed by atoms with van der Waals surface area (Å²) in [5.74, 6) is 0.594. The normalized spacial score (nSPS) is 18.4. The van der Waals surface area contributed by atoms with E-state index in [0.717, 1.165) is 54.1 Å². The molecule has 28 heavy (non-hydrogen) atoms. The highest BCUT2D eigenvalue weighted by Crippen LogP contribution is 2.27. The molecule has 0 atom stereocenters. The van der Waals surface area contributed by atoms with Crippen LogP contribution in [0.15, 0.2) is 42.9 Å². The topological polar surface area (TPSA) is 77.2 Å². The highest BCUT2D eigenvalue weighted by atomic mass is 16.2. The van der Waals surface area contributed by atoms with Crippen molar-refractivity contribution in [3.63, 3.8) is 0 Å². The average molecular weight is 376 g/mol. The minimum absolute atomic E-state index is 0.00212.